The van der Waals surface area contributed by atoms with E-state index < -0.39 is 0 Å². The van der Waals surface area contributed by atoms with Crippen LogP contribution in [0.2, 0.25) is 0 Å². The van der Waals surface area contributed by atoms with Gasteiger partial charge >= 0.3 is 0 Å². The molecular weight excluding hydrogens is 322 g/mol. The molecule has 1 fully saturated rings. The Hall–Kier alpha value is -1.75. The first kappa shape index (κ1) is 20.6. The van der Waals surface area contributed by atoms with Gasteiger partial charge in [0.1, 0.15) is 0 Å². The number of anilines is 1. The van der Waals surface area contributed by atoms with Crippen molar-refractivity contribution < 1.29 is 0 Å². The molecule has 1 heterocycles. The number of piperazine rings is 1. The van der Waals surface area contributed by atoms with Gasteiger partial charge in [-0.15, -0.1) is 0 Å². The molecule has 0 aliphatic carbocycles. The van der Waals surface area contributed by atoms with E-state index in [-0.39, 0.29) is 0 Å². The van der Waals surface area contributed by atoms with Gasteiger partial charge in [0.05, 0.1) is 0 Å². The van der Waals surface area contributed by atoms with Crippen LogP contribution in [0.25, 0.3) is 0 Å². The molecule has 5 heteroatoms. The fourth-order valence-corrected chi connectivity index (χ4v) is 3.34. The van der Waals surface area contributed by atoms with E-state index in [1.165, 1.54) is 57.4 Å². The molecule has 1 saturated heterocycles. The van der Waals surface area contributed by atoms with E-state index in [4.69, 9.17) is 0 Å². The summed E-state index contributed by atoms with van der Waals surface area (Å²) in [6.07, 6.45) is 6.18. The van der Waals surface area contributed by atoms with Crippen LogP contribution in [0.1, 0.15) is 39.0 Å². The molecule has 1 aromatic rings. The molecule has 146 valence electrons. The van der Waals surface area contributed by atoms with Gasteiger partial charge in [0, 0.05) is 52.0 Å². The number of benzene rings is 1. The molecule has 0 bridgehead atoms. The molecule has 0 atom stereocenters. The van der Waals surface area contributed by atoms with Crippen molar-refractivity contribution >= 4 is 11.6 Å². The summed E-state index contributed by atoms with van der Waals surface area (Å²) in [5.74, 6) is 0.942. The van der Waals surface area contributed by atoms with Gasteiger partial charge in [-0.1, -0.05) is 38.0 Å². The Morgan fingerprint density at radius 3 is 2.19 bits per heavy atom. The topological polar surface area (TPSA) is 42.9 Å². The van der Waals surface area contributed by atoms with Crippen molar-refractivity contribution in [3.8, 4) is 0 Å². The van der Waals surface area contributed by atoms with E-state index in [0.29, 0.717) is 0 Å². The SMILES string of the molecule is CCCCCNC(=NC)NCCCCN1CCN(c2ccccc2)CC1. The van der Waals surface area contributed by atoms with Gasteiger partial charge in [-0.2, -0.15) is 0 Å². The second-order valence-corrected chi connectivity index (χ2v) is 7.00. The predicted molar refractivity (Wildman–Crippen MR) is 113 cm³/mol. The third-order valence-corrected chi connectivity index (χ3v) is 4.98. The lowest BCUT2D eigenvalue weighted by Gasteiger charge is -2.36. The van der Waals surface area contributed by atoms with Crippen molar-refractivity contribution in [2.75, 3.05) is 57.8 Å². The molecule has 26 heavy (non-hydrogen) atoms. The normalized spacial score (nSPS) is 15.9. The molecular formula is C21H37N5. The second-order valence-electron chi connectivity index (χ2n) is 7.00. The Morgan fingerprint density at radius 1 is 0.923 bits per heavy atom. The lowest BCUT2D eigenvalue weighted by atomic mass is 10.2. The Labute approximate surface area is 159 Å². The highest BCUT2D eigenvalue weighted by atomic mass is 15.3. The summed E-state index contributed by atoms with van der Waals surface area (Å²) in [4.78, 5) is 9.38. The van der Waals surface area contributed by atoms with Crippen molar-refractivity contribution in [3.05, 3.63) is 30.3 Å². The summed E-state index contributed by atoms with van der Waals surface area (Å²) in [7, 11) is 1.85. The lowest BCUT2D eigenvalue weighted by Crippen LogP contribution is -2.46. The van der Waals surface area contributed by atoms with Crippen molar-refractivity contribution in [1.82, 2.24) is 15.5 Å². The van der Waals surface area contributed by atoms with Crippen LogP contribution in [0.4, 0.5) is 5.69 Å². The highest BCUT2D eigenvalue weighted by Crippen LogP contribution is 2.15. The second kappa shape index (κ2) is 12.6. The van der Waals surface area contributed by atoms with Crippen LogP contribution in [0.15, 0.2) is 35.3 Å². The largest absolute Gasteiger partial charge is 0.369 e. The molecule has 1 aliphatic rings. The zero-order valence-corrected chi connectivity index (χ0v) is 16.7. The quantitative estimate of drug-likeness (QED) is 0.383. The maximum Gasteiger partial charge on any atom is 0.190 e. The number of hydrogen-bond donors (Lipinski definition) is 2. The Balaban J connectivity index is 1.51. The predicted octanol–water partition coefficient (Wildman–Crippen LogP) is 2.94. The van der Waals surface area contributed by atoms with Crippen LogP contribution in [-0.2, 0) is 0 Å². The van der Waals surface area contributed by atoms with Crippen LogP contribution in [0.3, 0.4) is 0 Å². The minimum Gasteiger partial charge on any atom is -0.369 e. The first-order valence-electron chi connectivity index (χ1n) is 10.3. The standard InChI is InChI=1S/C21H37N5/c1-3-4-8-13-23-21(22-2)24-14-9-10-15-25-16-18-26(19-17-25)20-11-6-5-7-12-20/h5-7,11-12H,3-4,8-10,13-19H2,1-2H3,(H2,22,23,24). The molecule has 0 aromatic heterocycles. The maximum atomic E-state index is 4.29. The number of rotatable bonds is 10. The smallest absolute Gasteiger partial charge is 0.190 e. The molecule has 1 aliphatic heterocycles. The van der Waals surface area contributed by atoms with Gasteiger partial charge in [0.25, 0.3) is 0 Å². The van der Waals surface area contributed by atoms with Gasteiger partial charge in [-0.25, -0.2) is 0 Å². The molecule has 0 radical (unpaired) electrons. The number of nitrogens with zero attached hydrogens (tertiary/aromatic N) is 3. The molecule has 0 spiro atoms. The summed E-state index contributed by atoms with van der Waals surface area (Å²) in [6.45, 7) is 10.1. The van der Waals surface area contributed by atoms with Crippen LogP contribution in [0.5, 0.6) is 0 Å². The molecule has 2 rings (SSSR count). The van der Waals surface area contributed by atoms with Crippen molar-refractivity contribution in [2.24, 2.45) is 4.99 Å². The third-order valence-electron chi connectivity index (χ3n) is 4.98. The summed E-state index contributed by atoms with van der Waals surface area (Å²) >= 11 is 0. The Bertz CT molecular complexity index is 494. The first-order chi connectivity index (χ1) is 12.8. The molecule has 2 N–H and O–H groups in total. The van der Waals surface area contributed by atoms with Crippen LogP contribution in [-0.4, -0.2) is 63.7 Å². The minimum atomic E-state index is 0.942. The zero-order chi connectivity index (χ0) is 18.5. The van der Waals surface area contributed by atoms with Gasteiger partial charge in [-0.3, -0.25) is 9.89 Å². The third kappa shape index (κ3) is 7.65. The maximum absolute atomic E-state index is 4.29. The fourth-order valence-electron chi connectivity index (χ4n) is 3.34. The van der Waals surface area contributed by atoms with Crippen molar-refractivity contribution in [2.45, 2.75) is 39.0 Å². The van der Waals surface area contributed by atoms with Crippen molar-refractivity contribution in [1.29, 1.82) is 0 Å². The number of unbranched alkanes of at least 4 members (excludes halogenated alkanes) is 3. The Kier molecular flexibility index (Phi) is 9.95. The number of aliphatic imine (C=N–C) groups is 1. The monoisotopic (exact) mass is 359 g/mol. The van der Waals surface area contributed by atoms with E-state index in [0.717, 1.165) is 32.1 Å². The fraction of sp³-hybridized carbons (Fsp3) is 0.667. The molecule has 1 aromatic carbocycles. The van der Waals surface area contributed by atoms with E-state index in [1.807, 2.05) is 7.05 Å². The Morgan fingerprint density at radius 2 is 1.58 bits per heavy atom. The van der Waals surface area contributed by atoms with E-state index >= 15 is 0 Å². The number of para-hydroxylation sites is 1. The summed E-state index contributed by atoms with van der Waals surface area (Å²) in [5, 5.41) is 6.81. The summed E-state index contributed by atoms with van der Waals surface area (Å²) in [6, 6.07) is 10.8. The highest BCUT2D eigenvalue weighted by Gasteiger charge is 2.16. The average Bonchev–Trinajstić information content (AvgIpc) is 2.70. The van der Waals surface area contributed by atoms with E-state index in [2.05, 4.69) is 62.7 Å². The van der Waals surface area contributed by atoms with Gasteiger partial charge in [0.2, 0.25) is 0 Å². The summed E-state index contributed by atoms with van der Waals surface area (Å²) in [5.41, 5.74) is 1.36. The molecule has 0 unspecified atom stereocenters. The zero-order valence-electron chi connectivity index (χ0n) is 16.7. The van der Waals surface area contributed by atoms with Crippen LogP contribution < -0.4 is 15.5 Å². The molecule has 0 saturated carbocycles. The number of nitrogens with one attached hydrogen (secondary N) is 2. The van der Waals surface area contributed by atoms with Crippen LogP contribution >= 0.6 is 0 Å². The van der Waals surface area contributed by atoms with Gasteiger partial charge in [-0.05, 0) is 37.9 Å². The summed E-state index contributed by atoms with van der Waals surface area (Å²) < 4.78 is 0. The number of guanidine groups is 1. The van der Waals surface area contributed by atoms with Gasteiger partial charge < -0.3 is 15.5 Å². The van der Waals surface area contributed by atoms with Crippen LogP contribution in [0, 0.1) is 0 Å². The minimum absolute atomic E-state index is 0.942. The highest BCUT2D eigenvalue weighted by molar-refractivity contribution is 5.79. The average molecular weight is 360 g/mol. The first-order valence-corrected chi connectivity index (χ1v) is 10.3. The molecule has 0 amide bonds. The van der Waals surface area contributed by atoms with E-state index in [1.54, 1.807) is 0 Å². The van der Waals surface area contributed by atoms with Gasteiger partial charge in [0.15, 0.2) is 5.96 Å². The van der Waals surface area contributed by atoms with E-state index in [9.17, 15) is 0 Å². The molecule has 5 nitrogen and oxygen atoms in total. The lowest BCUT2D eigenvalue weighted by molar-refractivity contribution is 0.253. The van der Waals surface area contributed by atoms with Crippen molar-refractivity contribution in [3.63, 3.8) is 0 Å². The number of hydrogen-bond acceptors (Lipinski definition) is 3.